The van der Waals surface area contributed by atoms with Crippen molar-refractivity contribution in [3.05, 3.63) is 12.5 Å². The van der Waals surface area contributed by atoms with Crippen LogP contribution in [0, 0.1) is 0 Å². The number of nitrogens with zero attached hydrogens (tertiary/aromatic N) is 2. The Balaban J connectivity index is 2.29. The van der Waals surface area contributed by atoms with E-state index in [2.05, 4.69) is 25.9 Å². The SMILES string of the molecule is CNc1ncncc1NCCNC(=O)OC(C)(C)C. The predicted molar refractivity (Wildman–Crippen MR) is 74.3 cm³/mol. The van der Waals surface area contributed by atoms with Crippen LogP contribution in [-0.4, -0.2) is 41.8 Å². The molecule has 1 aromatic heterocycles. The molecule has 1 heterocycles. The van der Waals surface area contributed by atoms with Gasteiger partial charge in [-0.25, -0.2) is 14.8 Å². The highest BCUT2D eigenvalue weighted by molar-refractivity contribution is 5.67. The average Bonchev–Trinajstić information content (AvgIpc) is 2.33. The van der Waals surface area contributed by atoms with Crippen LogP contribution in [0.5, 0.6) is 0 Å². The summed E-state index contributed by atoms with van der Waals surface area (Å²) < 4.78 is 5.12. The highest BCUT2D eigenvalue weighted by Gasteiger charge is 2.15. The first-order chi connectivity index (χ1) is 8.92. The zero-order valence-corrected chi connectivity index (χ0v) is 11.8. The van der Waals surface area contributed by atoms with Crippen LogP contribution in [-0.2, 0) is 4.74 Å². The van der Waals surface area contributed by atoms with E-state index in [-0.39, 0.29) is 0 Å². The third kappa shape index (κ3) is 5.89. The highest BCUT2D eigenvalue weighted by Crippen LogP contribution is 2.14. The van der Waals surface area contributed by atoms with E-state index in [1.54, 1.807) is 13.2 Å². The summed E-state index contributed by atoms with van der Waals surface area (Å²) in [4.78, 5) is 19.4. The zero-order valence-electron chi connectivity index (χ0n) is 11.8. The van der Waals surface area contributed by atoms with E-state index in [0.29, 0.717) is 18.9 Å². The minimum absolute atomic E-state index is 0.424. The Bertz CT molecular complexity index is 417. The van der Waals surface area contributed by atoms with Crippen LogP contribution in [0.3, 0.4) is 0 Å². The topological polar surface area (TPSA) is 88.2 Å². The van der Waals surface area contributed by atoms with Crippen molar-refractivity contribution in [2.24, 2.45) is 0 Å². The summed E-state index contributed by atoms with van der Waals surface area (Å²) in [5, 5.41) is 8.74. The molecule has 1 rings (SSSR count). The molecule has 0 aliphatic rings. The maximum Gasteiger partial charge on any atom is 0.407 e. The van der Waals surface area contributed by atoms with Crippen molar-refractivity contribution in [2.45, 2.75) is 26.4 Å². The van der Waals surface area contributed by atoms with Crippen LogP contribution < -0.4 is 16.0 Å². The zero-order chi connectivity index (χ0) is 14.3. The molecule has 19 heavy (non-hydrogen) atoms. The fraction of sp³-hybridized carbons (Fsp3) is 0.583. The minimum Gasteiger partial charge on any atom is -0.444 e. The largest absolute Gasteiger partial charge is 0.444 e. The van der Waals surface area contributed by atoms with Crippen molar-refractivity contribution in [3.63, 3.8) is 0 Å². The number of hydrogen-bond donors (Lipinski definition) is 3. The van der Waals surface area contributed by atoms with E-state index < -0.39 is 11.7 Å². The highest BCUT2D eigenvalue weighted by atomic mass is 16.6. The van der Waals surface area contributed by atoms with Gasteiger partial charge in [-0.2, -0.15) is 0 Å². The van der Waals surface area contributed by atoms with Crippen LogP contribution in [0.2, 0.25) is 0 Å². The maximum absolute atomic E-state index is 11.4. The van der Waals surface area contributed by atoms with Gasteiger partial charge in [0.2, 0.25) is 0 Å². The molecule has 0 unspecified atom stereocenters. The molecule has 1 aromatic rings. The van der Waals surface area contributed by atoms with Gasteiger partial charge >= 0.3 is 6.09 Å². The lowest BCUT2D eigenvalue weighted by Gasteiger charge is -2.19. The van der Waals surface area contributed by atoms with Crippen LogP contribution in [0.15, 0.2) is 12.5 Å². The molecule has 0 atom stereocenters. The molecule has 0 bridgehead atoms. The van der Waals surface area contributed by atoms with Crippen LogP contribution >= 0.6 is 0 Å². The molecule has 7 nitrogen and oxygen atoms in total. The van der Waals surface area contributed by atoms with E-state index in [1.807, 2.05) is 20.8 Å². The van der Waals surface area contributed by atoms with Gasteiger partial charge in [0.1, 0.15) is 11.9 Å². The number of nitrogens with one attached hydrogen (secondary N) is 3. The molecule has 0 spiro atoms. The summed E-state index contributed by atoms with van der Waals surface area (Å²) in [7, 11) is 1.78. The molecular weight excluding hydrogens is 246 g/mol. The summed E-state index contributed by atoms with van der Waals surface area (Å²) >= 11 is 0. The van der Waals surface area contributed by atoms with E-state index >= 15 is 0 Å². The summed E-state index contributed by atoms with van der Waals surface area (Å²) in [5.74, 6) is 0.715. The lowest BCUT2D eigenvalue weighted by atomic mass is 10.2. The van der Waals surface area contributed by atoms with Crippen LogP contribution in [0.25, 0.3) is 0 Å². The lowest BCUT2D eigenvalue weighted by Crippen LogP contribution is -2.35. The monoisotopic (exact) mass is 267 g/mol. The number of hydrogen-bond acceptors (Lipinski definition) is 6. The Hall–Kier alpha value is -2.05. The van der Waals surface area contributed by atoms with Gasteiger partial charge in [-0.1, -0.05) is 0 Å². The van der Waals surface area contributed by atoms with Gasteiger partial charge in [0.25, 0.3) is 0 Å². The predicted octanol–water partition coefficient (Wildman–Crippen LogP) is 1.45. The first kappa shape index (κ1) is 15.0. The molecular formula is C12H21N5O2. The van der Waals surface area contributed by atoms with Crippen molar-refractivity contribution in [2.75, 3.05) is 30.8 Å². The third-order valence-electron chi connectivity index (χ3n) is 2.06. The second kappa shape index (κ2) is 6.77. The number of anilines is 2. The van der Waals surface area contributed by atoms with Gasteiger partial charge in [-0.15, -0.1) is 0 Å². The third-order valence-corrected chi connectivity index (χ3v) is 2.06. The smallest absolute Gasteiger partial charge is 0.407 e. The average molecular weight is 267 g/mol. The molecule has 0 aliphatic carbocycles. The van der Waals surface area contributed by atoms with Gasteiger partial charge in [0.05, 0.1) is 11.9 Å². The Labute approximate surface area is 113 Å². The van der Waals surface area contributed by atoms with Gasteiger partial charge in [-0.05, 0) is 20.8 Å². The lowest BCUT2D eigenvalue weighted by molar-refractivity contribution is 0.0530. The molecule has 0 radical (unpaired) electrons. The number of carbonyl (C=O) groups is 1. The van der Waals surface area contributed by atoms with Crippen LogP contribution in [0.1, 0.15) is 20.8 Å². The standard InChI is InChI=1S/C12H21N5O2/c1-12(2,3)19-11(18)16-6-5-15-9-7-14-8-17-10(9)13-4/h7-8,15H,5-6H2,1-4H3,(H,16,18)(H,13,14,17). The molecule has 3 N–H and O–H groups in total. The van der Waals surface area contributed by atoms with E-state index in [0.717, 1.165) is 5.69 Å². The van der Waals surface area contributed by atoms with Crippen molar-refractivity contribution in [1.82, 2.24) is 15.3 Å². The first-order valence-electron chi connectivity index (χ1n) is 6.11. The Kier molecular flexibility index (Phi) is 5.35. The summed E-state index contributed by atoms with van der Waals surface area (Å²) in [6.45, 7) is 6.48. The molecule has 0 fully saturated rings. The minimum atomic E-state index is -0.482. The van der Waals surface area contributed by atoms with Crippen LogP contribution in [0.4, 0.5) is 16.3 Å². The number of carbonyl (C=O) groups excluding carboxylic acids is 1. The number of ether oxygens (including phenoxy) is 1. The Morgan fingerprint density at radius 3 is 2.74 bits per heavy atom. The Morgan fingerprint density at radius 1 is 1.37 bits per heavy atom. The van der Waals surface area contributed by atoms with E-state index in [4.69, 9.17) is 4.74 Å². The molecule has 106 valence electrons. The summed E-state index contributed by atoms with van der Waals surface area (Å²) in [6.07, 6.45) is 2.72. The second-order valence-corrected chi connectivity index (χ2v) is 4.89. The van der Waals surface area contributed by atoms with Crippen molar-refractivity contribution in [1.29, 1.82) is 0 Å². The van der Waals surface area contributed by atoms with E-state index in [1.165, 1.54) is 6.33 Å². The van der Waals surface area contributed by atoms with Gasteiger partial charge in [0.15, 0.2) is 5.82 Å². The fourth-order valence-electron chi connectivity index (χ4n) is 1.33. The van der Waals surface area contributed by atoms with E-state index in [9.17, 15) is 4.79 Å². The summed E-state index contributed by atoms with van der Waals surface area (Å²) in [6, 6.07) is 0. The van der Waals surface area contributed by atoms with Crippen molar-refractivity contribution in [3.8, 4) is 0 Å². The molecule has 7 heteroatoms. The Morgan fingerprint density at radius 2 is 2.11 bits per heavy atom. The molecule has 0 saturated carbocycles. The fourth-order valence-corrected chi connectivity index (χ4v) is 1.33. The first-order valence-corrected chi connectivity index (χ1v) is 6.11. The normalized spacial score (nSPS) is 10.7. The maximum atomic E-state index is 11.4. The molecule has 1 amide bonds. The molecule has 0 aliphatic heterocycles. The quantitative estimate of drug-likeness (QED) is 0.700. The number of alkyl carbamates (subject to hydrolysis) is 1. The van der Waals surface area contributed by atoms with Gasteiger partial charge in [-0.3, -0.25) is 0 Å². The number of aromatic nitrogens is 2. The molecule has 0 saturated heterocycles. The summed E-state index contributed by atoms with van der Waals surface area (Å²) in [5.41, 5.74) is 0.306. The van der Waals surface area contributed by atoms with Crippen molar-refractivity contribution < 1.29 is 9.53 Å². The second-order valence-electron chi connectivity index (χ2n) is 4.89. The number of rotatable bonds is 5. The molecule has 0 aromatic carbocycles. The van der Waals surface area contributed by atoms with Gasteiger partial charge in [0, 0.05) is 20.1 Å². The number of amides is 1. The van der Waals surface area contributed by atoms with Gasteiger partial charge < -0.3 is 20.7 Å². The van der Waals surface area contributed by atoms with Crippen molar-refractivity contribution >= 4 is 17.6 Å².